The lowest BCUT2D eigenvalue weighted by atomic mass is 10.0. The summed E-state index contributed by atoms with van der Waals surface area (Å²) >= 11 is 0. The molecule has 0 aliphatic carbocycles. The van der Waals surface area contributed by atoms with Gasteiger partial charge in [0, 0.05) is 12.8 Å². The first-order chi connectivity index (χ1) is 29.1. The molecule has 3 atom stereocenters. The molecule has 0 saturated heterocycles. The minimum atomic E-state index is -4.76. The minimum Gasteiger partial charge on any atom is -0.480 e. The molecule has 0 spiro atoms. The third-order valence-electron chi connectivity index (χ3n) is 10.1. The van der Waals surface area contributed by atoms with Crippen LogP contribution in [0.5, 0.6) is 0 Å². The van der Waals surface area contributed by atoms with Crippen molar-refractivity contribution in [1.29, 1.82) is 0 Å². The SMILES string of the molecule is CCCCC/C=C\C/C=C\C/C=C\C/C=C\CCCCCCCCCC(=O)OCC(O)COP(=O)(O)OCC(NC(=O)CCCCCCCCCCCCCCC)C(=O)O. The molecular formula is C48H86NO10P. The van der Waals surface area contributed by atoms with Crippen molar-refractivity contribution in [2.24, 2.45) is 0 Å². The molecule has 348 valence electrons. The highest BCUT2D eigenvalue weighted by Crippen LogP contribution is 2.43. The standard InChI is InChI=1S/C48H86NO10P/c1-3-5-7-9-11-13-15-17-18-19-20-21-22-23-24-25-26-28-30-32-34-36-38-40-47(52)57-41-44(50)42-58-60(55,56)59-43-45(48(53)54)49-46(51)39-37-35-33-31-29-27-16-14-12-10-8-6-4-2/h11,13,17-18,20-21,23-24,44-45,50H,3-10,12,14-16,19,22,25-43H2,1-2H3,(H,49,51)(H,53,54)(H,55,56)/b13-11-,18-17-,21-20-,24-23-. The van der Waals surface area contributed by atoms with E-state index in [2.05, 4.69) is 67.8 Å². The highest BCUT2D eigenvalue weighted by atomic mass is 31.2. The fraction of sp³-hybridized carbons (Fsp3) is 0.771. The molecule has 0 aliphatic heterocycles. The Morgan fingerprint density at radius 3 is 1.40 bits per heavy atom. The van der Waals surface area contributed by atoms with Crippen molar-refractivity contribution >= 4 is 25.7 Å². The molecule has 0 rings (SSSR count). The number of ether oxygens (including phenoxy) is 1. The summed E-state index contributed by atoms with van der Waals surface area (Å²) in [6, 6.07) is -1.55. The predicted octanol–water partition coefficient (Wildman–Crippen LogP) is 12.6. The molecule has 0 aromatic carbocycles. The van der Waals surface area contributed by atoms with Crippen molar-refractivity contribution in [2.45, 2.75) is 219 Å². The molecule has 60 heavy (non-hydrogen) atoms. The van der Waals surface area contributed by atoms with E-state index in [0.29, 0.717) is 12.8 Å². The molecule has 0 heterocycles. The van der Waals surface area contributed by atoms with Gasteiger partial charge in [-0.25, -0.2) is 9.36 Å². The van der Waals surface area contributed by atoms with Gasteiger partial charge in [0.1, 0.15) is 12.7 Å². The monoisotopic (exact) mass is 868 g/mol. The highest BCUT2D eigenvalue weighted by Gasteiger charge is 2.28. The third kappa shape index (κ3) is 42.1. The first-order valence-corrected chi connectivity index (χ1v) is 25.2. The number of carboxylic acid groups (broad SMARTS) is 1. The normalized spacial score (nSPS) is 14.1. The lowest BCUT2D eigenvalue weighted by molar-refractivity contribution is -0.147. The molecule has 0 aliphatic rings. The number of nitrogens with one attached hydrogen (secondary N) is 1. The number of phosphoric acid groups is 1. The Hall–Kier alpha value is -2.56. The van der Waals surface area contributed by atoms with Gasteiger partial charge >= 0.3 is 19.8 Å². The van der Waals surface area contributed by atoms with Crippen LogP contribution in [0.15, 0.2) is 48.6 Å². The molecule has 1 amide bonds. The van der Waals surface area contributed by atoms with Crippen LogP contribution in [-0.4, -0.2) is 64.9 Å². The fourth-order valence-electron chi connectivity index (χ4n) is 6.42. The van der Waals surface area contributed by atoms with Crippen LogP contribution >= 0.6 is 7.82 Å². The second-order valence-electron chi connectivity index (χ2n) is 15.9. The van der Waals surface area contributed by atoms with Gasteiger partial charge in [0.05, 0.1) is 13.2 Å². The van der Waals surface area contributed by atoms with Crippen LogP contribution in [-0.2, 0) is 32.7 Å². The zero-order chi connectivity index (χ0) is 44.2. The molecular weight excluding hydrogens is 781 g/mol. The molecule has 0 bridgehead atoms. The van der Waals surface area contributed by atoms with Crippen LogP contribution in [0.1, 0.15) is 206 Å². The summed E-state index contributed by atoms with van der Waals surface area (Å²) < 4.78 is 26.9. The molecule has 12 heteroatoms. The Morgan fingerprint density at radius 1 is 0.533 bits per heavy atom. The number of allylic oxidation sites excluding steroid dienone is 8. The number of esters is 1. The number of carbonyl (C=O) groups excluding carboxylic acids is 2. The van der Waals surface area contributed by atoms with Crippen molar-refractivity contribution in [3.8, 4) is 0 Å². The third-order valence-corrected chi connectivity index (χ3v) is 11.1. The van der Waals surface area contributed by atoms with Crippen LogP contribution in [0.3, 0.4) is 0 Å². The van der Waals surface area contributed by atoms with E-state index in [1.807, 2.05) is 0 Å². The van der Waals surface area contributed by atoms with E-state index in [1.165, 1.54) is 96.3 Å². The summed E-state index contributed by atoms with van der Waals surface area (Å²) in [6.45, 7) is 2.56. The Morgan fingerprint density at radius 2 is 0.917 bits per heavy atom. The van der Waals surface area contributed by atoms with E-state index in [4.69, 9.17) is 13.8 Å². The first-order valence-electron chi connectivity index (χ1n) is 23.7. The molecule has 0 radical (unpaired) electrons. The molecule has 0 fully saturated rings. The molecule has 0 saturated carbocycles. The maximum absolute atomic E-state index is 12.3. The van der Waals surface area contributed by atoms with Crippen LogP contribution < -0.4 is 5.32 Å². The predicted molar refractivity (Wildman–Crippen MR) is 245 cm³/mol. The topological polar surface area (TPSA) is 169 Å². The number of unbranched alkanes of at least 4 members (excludes halogenated alkanes) is 22. The van der Waals surface area contributed by atoms with Crippen molar-refractivity contribution < 1.29 is 47.8 Å². The smallest absolute Gasteiger partial charge is 0.472 e. The maximum atomic E-state index is 12.3. The minimum absolute atomic E-state index is 0.147. The summed E-state index contributed by atoms with van der Waals surface area (Å²) in [6.07, 6.45) is 48.4. The number of aliphatic hydroxyl groups excluding tert-OH is 1. The summed E-state index contributed by atoms with van der Waals surface area (Å²) in [5.41, 5.74) is 0. The fourth-order valence-corrected chi connectivity index (χ4v) is 7.19. The number of aliphatic carboxylic acids is 1. The van der Waals surface area contributed by atoms with E-state index in [-0.39, 0.29) is 12.8 Å². The number of hydrogen-bond donors (Lipinski definition) is 4. The second kappa shape index (κ2) is 43.1. The van der Waals surface area contributed by atoms with Gasteiger partial charge in [-0.1, -0.05) is 184 Å². The van der Waals surface area contributed by atoms with E-state index in [0.717, 1.165) is 70.6 Å². The van der Waals surface area contributed by atoms with E-state index in [9.17, 15) is 34.1 Å². The lowest BCUT2D eigenvalue weighted by Crippen LogP contribution is -2.43. The number of aliphatic hydroxyl groups is 1. The van der Waals surface area contributed by atoms with E-state index in [1.54, 1.807) is 0 Å². The van der Waals surface area contributed by atoms with Crippen LogP contribution in [0.2, 0.25) is 0 Å². The number of carbonyl (C=O) groups is 3. The van der Waals surface area contributed by atoms with Gasteiger partial charge < -0.3 is 25.2 Å². The Bertz CT molecular complexity index is 1200. The molecule has 3 unspecified atom stereocenters. The highest BCUT2D eigenvalue weighted by molar-refractivity contribution is 7.47. The number of amides is 1. The molecule has 0 aromatic rings. The van der Waals surface area contributed by atoms with Gasteiger partial charge in [0.2, 0.25) is 5.91 Å². The average molecular weight is 868 g/mol. The van der Waals surface area contributed by atoms with Gasteiger partial charge in [-0.2, -0.15) is 0 Å². The number of hydrogen-bond acceptors (Lipinski definition) is 8. The maximum Gasteiger partial charge on any atom is 0.472 e. The number of carboxylic acids is 1. The Kier molecular flexibility index (Phi) is 41.3. The summed E-state index contributed by atoms with van der Waals surface area (Å²) in [7, 11) is -4.76. The first kappa shape index (κ1) is 57.4. The van der Waals surface area contributed by atoms with Gasteiger partial charge in [-0.15, -0.1) is 0 Å². The summed E-state index contributed by atoms with van der Waals surface area (Å²) in [5, 5.41) is 21.8. The van der Waals surface area contributed by atoms with Crippen molar-refractivity contribution in [1.82, 2.24) is 5.32 Å². The number of rotatable bonds is 44. The molecule has 11 nitrogen and oxygen atoms in total. The second-order valence-corrected chi connectivity index (χ2v) is 17.4. The largest absolute Gasteiger partial charge is 0.480 e. The Labute approximate surface area is 364 Å². The summed E-state index contributed by atoms with van der Waals surface area (Å²) in [4.78, 5) is 45.9. The van der Waals surface area contributed by atoms with Gasteiger partial charge in [0.15, 0.2) is 6.04 Å². The zero-order valence-corrected chi connectivity index (χ0v) is 38.6. The number of phosphoric ester groups is 1. The molecule has 0 aromatic heterocycles. The zero-order valence-electron chi connectivity index (χ0n) is 37.8. The van der Waals surface area contributed by atoms with Crippen LogP contribution in [0.4, 0.5) is 0 Å². The van der Waals surface area contributed by atoms with E-state index < -0.39 is 57.6 Å². The summed E-state index contributed by atoms with van der Waals surface area (Å²) in [5.74, 6) is -2.38. The van der Waals surface area contributed by atoms with Crippen molar-refractivity contribution in [3.63, 3.8) is 0 Å². The van der Waals surface area contributed by atoms with Crippen molar-refractivity contribution in [2.75, 3.05) is 19.8 Å². The average Bonchev–Trinajstić information content (AvgIpc) is 3.22. The van der Waals surface area contributed by atoms with Crippen LogP contribution in [0, 0.1) is 0 Å². The van der Waals surface area contributed by atoms with E-state index >= 15 is 0 Å². The van der Waals surface area contributed by atoms with Gasteiger partial charge in [-0.05, 0) is 57.8 Å². The lowest BCUT2D eigenvalue weighted by Gasteiger charge is -2.18. The van der Waals surface area contributed by atoms with Gasteiger partial charge in [-0.3, -0.25) is 18.6 Å². The molecule has 4 N–H and O–H groups in total. The van der Waals surface area contributed by atoms with Crippen molar-refractivity contribution in [3.05, 3.63) is 48.6 Å². The quantitative estimate of drug-likeness (QED) is 0.0200. The van der Waals surface area contributed by atoms with Crippen LogP contribution in [0.25, 0.3) is 0 Å². The van der Waals surface area contributed by atoms with Gasteiger partial charge in [0.25, 0.3) is 0 Å². The Balaban J connectivity index is 3.86.